The lowest BCUT2D eigenvalue weighted by atomic mass is 10.3. The summed E-state index contributed by atoms with van der Waals surface area (Å²) in [5, 5.41) is 10.7. The molecule has 31 heavy (non-hydrogen) atoms. The summed E-state index contributed by atoms with van der Waals surface area (Å²) in [7, 11) is -6.66. The molecule has 0 saturated carbocycles. The predicted molar refractivity (Wildman–Crippen MR) is 110 cm³/mol. The first-order valence-electron chi connectivity index (χ1n) is 8.37. The van der Waals surface area contributed by atoms with Crippen LogP contribution in [0.1, 0.15) is 0 Å². The second-order valence-corrected chi connectivity index (χ2v) is 9.30. The molecule has 0 fully saturated rings. The van der Waals surface area contributed by atoms with E-state index < -0.39 is 25.0 Å². The third kappa shape index (κ3) is 5.23. The summed E-state index contributed by atoms with van der Waals surface area (Å²) in [6, 6.07) is 10.6. The van der Waals surface area contributed by atoms with Gasteiger partial charge in [-0.25, -0.2) is 26.8 Å². The van der Waals surface area contributed by atoms with E-state index in [0.717, 1.165) is 30.6 Å². The third-order valence-electron chi connectivity index (χ3n) is 3.86. The van der Waals surface area contributed by atoms with Crippen molar-refractivity contribution >= 4 is 37.2 Å². The SMILES string of the molecule is COc1cc(NS(=O)(=O)c2ccc(NS(=O)(=O)c3ccc([N+](=O)[O-])cc3)cc2)ncn1. The molecule has 0 atom stereocenters. The average molecular weight is 465 g/mol. The molecule has 0 unspecified atom stereocenters. The first kappa shape index (κ1) is 21.9. The molecule has 0 aliphatic heterocycles. The van der Waals surface area contributed by atoms with Crippen molar-refractivity contribution in [2.75, 3.05) is 16.6 Å². The number of nitrogens with one attached hydrogen (secondary N) is 2. The van der Waals surface area contributed by atoms with Gasteiger partial charge in [-0.15, -0.1) is 0 Å². The highest BCUT2D eigenvalue weighted by Gasteiger charge is 2.18. The van der Waals surface area contributed by atoms with E-state index in [2.05, 4.69) is 19.4 Å². The molecular formula is C17H15N5O7S2. The molecule has 0 radical (unpaired) electrons. The Balaban J connectivity index is 1.76. The molecule has 0 saturated heterocycles. The van der Waals surface area contributed by atoms with Gasteiger partial charge in [-0.3, -0.25) is 19.6 Å². The quantitative estimate of drug-likeness (QED) is 0.373. The second-order valence-electron chi connectivity index (χ2n) is 5.93. The van der Waals surface area contributed by atoms with Crippen LogP contribution in [-0.4, -0.2) is 38.8 Å². The fourth-order valence-electron chi connectivity index (χ4n) is 2.37. The van der Waals surface area contributed by atoms with Crippen LogP contribution in [0, 0.1) is 10.1 Å². The maximum absolute atomic E-state index is 12.5. The third-order valence-corrected chi connectivity index (χ3v) is 6.63. The van der Waals surface area contributed by atoms with Gasteiger partial charge in [0.2, 0.25) is 5.88 Å². The van der Waals surface area contributed by atoms with Crippen molar-refractivity contribution in [3.63, 3.8) is 0 Å². The molecule has 2 aromatic carbocycles. The van der Waals surface area contributed by atoms with Crippen molar-refractivity contribution in [1.29, 1.82) is 0 Å². The van der Waals surface area contributed by atoms with Crippen molar-refractivity contribution in [1.82, 2.24) is 9.97 Å². The number of non-ortho nitro benzene ring substituents is 1. The molecule has 3 rings (SSSR count). The minimum absolute atomic E-state index is 0.00481. The van der Waals surface area contributed by atoms with Crippen LogP contribution in [0.3, 0.4) is 0 Å². The number of nitro groups is 1. The number of methoxy groups -OCH3 is 1. The lowest BCUT2D eigenvalue weighted by Gasteiger charge is -2.10. The zero-order valence-electron chi connectivity index (χ0n) is 15.8. The van der Waals surface area contributed by atoms with E-state index in [1.165, 1.54) is 37.4 Å². The van der Waals surface area contributed by atoms with Crippen LogP contribution in [0.25, 0.3) is 0 Å². The first-order valence-corrected chi connectivity index (χ1v) is 11.3. The van der Waals surface area contributed by atoms with E-state index >= 15 is 0 Å². The van der Waals surface area contributed by atoms with Crippen LogP contribution in [0.15, 0.2) is 70.7 Å². The van der Waals surface area contributed by atoms with Gasteiger partial charge in [-0.2, -0.15) is 0 Å². The number of rotatable bonds is 8. The Bertz CT molecular complexity index is 1310. The van der Waals surface area contributed by atoms with Gasteiger partial charge in [0.15, 0.2) is 0 Å². The fourth-order valence-corrected chi connectivity index (χ4v) is 4.42. The van der Waals surface area contributed by atoms with Gasteiger partial charge in [0.1, 0.15) is 12.1 Å². The van der Waals surface area contributed by atoms with Crippen molar-refractivity contribution in [3.05, 3.63) is 71.0 Å². The summed E-state index contributed by atoms with van der Waals surface area (Å²) in [4.78, 5) is 17.3. The van der Waals surface area contributed by atoms with Gasteiger partial charge in [-0.05, 0) is 36.4 Å². The fraction of sp³-hybridized carbons (Fsp3) is 0.0588. The Labute approximate surface area is 177 Å². The Kier molecular flexibility index (Phi) is 6.03. The molecule has 0 aliphatic carbocycles. The number of hydrogen-bond donors (Lipinski definition) is 2. The molecule has 2 N–H and O–H groups in total. The molecule has 0 amide bonds. The summed E-state index contributed by atoms with van der Waals surface area (Å²) >= 11 is 0. The van der Waals surface area contributed by atoms with Crippen LogP contribution < -0.4 is 14.2 Å². The van der Waals surface area contributed by atoms with Crippen molar-refractivity contribution in [3.8, 4) is 5.88 Å². The summed E-state index contributed by atoms with van der Waals surface area (Å²) in [5.41, 5.74) is -0.150. The Morgan fingerprint density at radius 2 is 1.42 bits per heavy atom. The molecule has 12 nitrogen and oxygen atoms in total. The van der Waals surface area contributed by atoms with Crippen LogP contribution in [-0.2, 0) is 20.0 Å². The van der Waals surface area contributed by atoms with E-state index in [4.69, 9.17) is 4.74 Å². The van der Waals surface area contributed by atoms with E-state index in [1.54, 1.807) is 0 Å². The number of sulfonamides is 2. The summed E-state index contributed by atoms with van der Waals surface area (Å²) in [5.74, 6) is 0.165. The maximum atomic E-state index is 12.5. The Morgan fingerprint density at radius 1 is 0.871 bits per heavy atom. The summed E-state index contributed by atoms with van der Waals surface area (Å²) in [6.45, 7) is 0. The number of aromatic nitrogens is 2. The first-order chi connectivity index (χ1) is 14.6. The lowest BCUT2D eigenvalue weighted by molar-refractivity contribution is -0.384. The largest absolute Gasteiger partial charge is 0.481 e. The zero-order chi connectivity index (χ0) is 22.6. The summed E-state index contributed by atoms with van der Waals surface area (Å²) < 4.78 is 59.3. The van der Waals surface area contributed by atoms with Gasteiger partial charge in [0.25, 0.3) is 25.7 Å². The highest BCUT2D eigenvalue weighted by atomic mass is 32.2. The Morgan fingerprint density at radius 3 is 1.97 bits per heavy atom. The average Bonchev–Trinajstić information content (AvgIpc) is 2.73. The van der Waals surface area contributed by atoms with E-state index in [1.807, 2.05) is 0 Å². The van der Waals surface area contributed by atoms with Crippen molar-refractivity contribution in [2.45, 2.75) is 9.79 Å². The molecular weight excluding hydrogens is 450 g/mol. The van der Waals surface area contributed by atoms with Gasteiger partial charge in [0, 0.05) is 23.9 Å². The van der Waals surface area contributed by atoms with E-state index in [9.17, 15) is 26.9 Å². The van der Waals surface area contributed by atoms with Gasteiger partial charge in [0.05, 0.1) is 21.8 Å². The van der Waals surface area contributed by atoms with Crippen LogP contribution in [0.2, 0.25) is 0 Å². The molecule has 0 spiro atoms. The number of ether oxygens (including phenoxy) is 1. The second kappa shape index (κ2) is 8.53. The molecule has 162 valence electrons. The predicted octanol–water partition coefficient (Wildman–Crippen LogP) is 1.99. The minimum atomic E-state index is -4.03. The Hall–Kier alpha value is -3.78. The molecule has 3 aromatic rings. The van der Waals surface area contributed by atoms with E-state index in [0.29, 0.717) is 0 Å². The summed E-state index contributed by atoms with van der Waals surface area (Å²) in [6.07, 6.45) is 1.13. The molecule has 0 bridgehead atoms. The van der Waals surface area contributed by atoms with Crippen LogP contribution in [0.4, 0.5) is 17.2 Å². The number of anilines is 2. The van der Waals surface area contributed by atoms with E-state index in [-0.39, 0.29) is 32.9 Å². The lowest BCUT2D eigenvalue weighted by Crippen LogP contribution is -2.15. The smallest absolute Gasteiger partial charge is 0.269 e. The highest BCUT2D eigenvalue weighted by molar-refractivity contribution is 7.93. The highest BCUT2D eigenvalue weighted by Crippen LogP contribution is 2.22. The van der Waals surface area contributed by atoms with Gasteiger partial charge >= 0.3 is 0 Å². The zero-order valence-corrected chi connectivity index (χ0v) is 17.4. The normalized spacial score (nSPS) is 11.5. The number of nitrogens with zero attached hydrogens (tertiary/aromatic N) is 3. The van der Waals surface area contributed by atoms with Gasteiger partial charge in [-0.1, -0.05) is 0 Å². The molecule has 1 aromatic heterocycles. The number of benzene rings is 2. The van der Waals surface area contributed by atoms with Crippen molar-refractivity contribution in [2.24, 2.45) is 0 Å². The van der Waals surface area contributed by atoms with Gasteiger partial charge < -0.3 is 4.74 Å². The molecule has 0 aliphatic rings. The number of hydrogen-bond acceptors (Lipinski definition) is 9. The maximum Gasteiger partial charge on any atom is 0.269 e. The number of nitro benzene ring substituents is 1. The van der Waals surface area contributed by atoms with Crippen molar-refractivity contribution < 1.29 is 26.5 Å². The monoisotopic (exact) mass is 465 g/mol. The molecule has 1 heterocycles. The van der Waals surface area contributed by atoms with Crippen LogP contribution >= 0.6 is 0 Å². The minimum Gasteiger partial charge on any atom is -0.481 e. The standard InChI is InChI=1S/C17H15N5O7S2/c1-29-17-10-16(18-11-19-17)21-31(27,28)14-6-2-12(3-7-14)20-30(25,26)15-8-4-13(5-9-15)22(23)24/h2-11,20H,1H3,(H,18,19,21). The topological polar surface area (TPSA) is 170 Å². The van der Waals surface area contributed by atoms with Crippen LogP contribution in [0.5, 0.6) is 5.88 Å². The molecule has 14 heteroatoms.